The van der Waals surface area contributed by atoms with Crippen molar-refractivity contribution in [3.8, 4) is 0 Å². The molecule has 0 aliphatic rings. The Morgan fingerprint density at radius 3 is 2.64 bits per heavy atom. The van der Waals surface area contributed by atoms with E-state index in [2.05, 4.69) is 37.0 Å². The van der Waals surface area contributed by atoms with Crippen molar-refractivity contribution in [3.63, 3.8) is 0 Å². The minimum atomic E-state index is -0.0867. The van der Waals surface area contributed by atoms with E-state index in [1.165, 1.54) is 0 Å². The van der Waals surface area contributed by atoms with Crippen molar-refractivity contribution in [3.05, 3.63) is 21.0 Å². The van der Waals surface area contributed by atoms with Gasteiger partial charge in [-0.2, -0.15) is 0 Å². The molecule has 0 atom stereocenters. The fourth-order valence-corrected chi connectivity index (χ4v) is 1.17. The molecule has 0 bridgehead atoms. The van der Waals surface area contributed by atoms with Gasteiger partial charge in [0.2, 0.25) is 5.17 Å². The van der Waals surface area contributed by atoms with Gasteiger partial charge in [0.1, 0.15) is 0 Å². The summed E-state index contributed by atoms with van der Waals surface area (Å²) in [7, 11) is 0. The Kier molecular flexibility index (Phi) is 2.98. The molecule has 0 aliphatic heterocycles. The molecule has 3 nitrogen and oxygen atoms in total. The third kappa shape index (κ3) is 1.98. The molecule has 0 amide bonds. The number of rotatable bonds is 1. The highest BCUT2D eigenvalue weighted by atomic mass is 79.9. The molecule has 1 aromatic heterocycles. The molecule has 0 aromatic carbocycles. The van der Waals surface area contributed by atoms with E-state index in [-0.39, 0.29) is 5.17 Å². The van der Waals surface area contributed by atoms with Gasteiger partial charge in [-0.05, 0) is 31.9 Å². The van der Waals surface area contributed by atoms with Gasteiger partial charge >= 0.3 is 0 Å². The molecule has 1 aromatic rings. The largest absolute Gasteiger partial charge is 0.445 e. The average molecular weight is 303 g/mol. The Bertz CT molecular complexity index is 277. The average Bonchev–Trinajstić information content (AvgIpc) is 2.31. The smallest absolute Gasteiger partial charge is 0.210 e. The zero-order valence-electron chi connectivity index (χ0n) is 5.01. The van der Waals surface area contributed by atoms with Crippen LogP contribution in [0.25, 0.3) is 0 Å². The maximum absolute atomic E-state index is 8.25. The normalized spacial score (nSPS) is 12.1. The van der Waals surface area contributed by atoms with E-state index in [0.717, 1.165) is 0 Å². The molecule has 0 fully saturated rings. The highest BCUT2D eigenvalue weighted by molar-refractivity contribution is 9.13. The Balaban J connectivity index is 3.07. The molecule has 0 aliphatic carbocycles. The van der Waals surface area contributed by atoms with Crippen molar-refractivity contribution in [2.24, 2.45) is 5.16 Å². The van der Waals surface area contributed by atoms with E-state index in [0.29, 0.717) is 14.9 Å². The number of oxime groups is 1. The standard InChI is InChI=1S/C5H2Br2ClNO2/c6-2-1-3(5(8)9-10)11-4(2)7/h1,10H/b9-5-. The summed E-state index contributed by atoms with van der Waals surface area (Å²) in [4.78, 5) is 0. The minimum absolute atomic E-state index is 0.0867. The zero-order valence-corrected chi connectivity index (χ0v) is 8.94. The van der Waals surface area contributed by atoms with Crippen LogP contribution < -0.4 is 0 Å². The number of hydrogen-bond donors (Lipinski definition) is 1. The lowest BCUT2D eigenvalue weighted by Gasteiger charge is -1.85. The summed E-state index contributed by atoms with van der Waals surface area (Å²) < 4.78 is 6.24. The number of hydrogen-bond acceptors (Lipinski definition) is 3. The first-order valence-electron chi connectivity index (χ1n) is 2.48. The molecule has 1 N–H and O–H groups in total. The summed E-state index contributed by atoms with van der Waals surface area (Å²) in [6.07, 6.45) is 0. The zero-order chi connectivity index (χ0) is 8.43. The van der Waals surface area contributed by atoms with Crippen LogP contribution in [0.1, 0.15) is 5.76 Å². The molecule has 1 heterocycles. The number of halogens is 3. The van der Waals surface area contributed by atoms with Crippen LogP contribution >= 0.6 is 43.5 Å². The minimum Gasteiger partial charge on any atom is -0.445 e. The van der Waals surface area contributed by atoms with E-state index in [4.69, 9.17) is 21.2 Å². The molecule has 0 saturated heterocycles. The molecule has 1 rings (SSSR count). The highest BCUT2D eigenvalue weighted by Crippen LogP contribution is 2.27. The quantitative estimate of drug-likeness (QED) is 0.492. The van der Waals surface area contributed by atoms with Crippen LogP contribution in [0.15, 0.2) is 24.8 Å². The lowest BCUT2D eigenvalue weighted by Crippen LogP contribution is -1.85. The second kappa shape index (κ2) is 3.60. The first-order valence-corrected chi connectivity index (χ1v) is 4.44. The Labute approximate surface area is 84.3 Å². The molecule has 60 valence electrons. The monoisotopic (exact) mass is 301 g/mol. The molecule has 0 unspecified atom stereocenters. The summed E-state index contributed by atoms with van der Waals surface area (Å²) in [6.45, 7) is 0. The van der Waals surface area contributed by atoms with Crippen molar-refractivity contribution in [2.75, 3.05) is 0 Å². The van der Waals surface area contributed by atoms with Gasteiger partial charge in [0.05, 0.1) is 4.47 Å². The molecule has 6 heteroatoms. The van der Waals surface area contributed by atoms with Crippen LogP contribution in [0.4, 0.5) is 0 Å². The second-order valence-electron chi connectivity index (χ2n) is 1.62. The fourth-order valence-electron chi connectivity index (χ4n) is 0.498. The fraction of sp³-hybridized carbons (Fsp3) is 0. The van der Waals surface area contributed by atoms with Crippen LogP contribution in [0.2, 0.25) is 0 Å². The maximum atomic E-state index is 8.25. The number of nitrogens with zero attached hydrogens (tertiary/aromatic N) is 1. The van der Waals surface area contributed by atoms with Crippen molar-refractivity contribution in [2.45, 2.75) is 0 Å². The molecule has 0 radical (unpaired) electrons. The third-order valence-electron chi connectivity index (χ3n) is 0.936. The highest BCUT2D eigenvalue weighted by Gasteiger charge is 2.09. The predicted molar refractivity (Wildman–Crippen MR) is 48.3 cm³/mol. The van der Waals surface area contributed by atoms with Crippen LogP contribution in [-0.2, 0) is 0 Å². The molecular weight excluding hydrogens is 301 g/mol. The van der Waals surface area contributed by atoms with E-state index >= 15 is 0 Å². The van der Waals surface area contributed by atoms with E-state index in [9.17, 15) is 0 Å². The van der Waals surface area contributed by atoms with Crippen LogP contribution in [-0.4, -0.2) is 10.4 Å². The molecule has 0 spiro atoms. The first-order chi connectivity index (χ1) is 5.15. The van der Waals surface area contributed by atoms with Gasteiger partial charge in [-0.15, -0.1) is 0 Å². The topological polar surface area (TPSA) is 45.7 Å². The first kappa shape index (κ1) is 9.09. The van der Waals surface area contributed by atoms with Gasteiger partial charge in [-0.1, -0.05) is 16.8 Å². The lowest BCUT2D eigenvalue weighted by atomic mass is 10.5. The van der Waals surface area contributed by atoms with Gasteiger partial charge in [0.15, 0.2) is 10.4 Å². The van der Waals surface area contributed by atoms with Gasteiger partial charge in [0, 0.05) is 6.07 Å². The van der Waals surface area contributed by atoms with Crippen molar-refractivity contribution in [1.29, 1.82) is 0 Å². The van der Waals surface area contributed by atoms with Crippen molar-refractivity contribution >= 4 is 48.6 Å². The van der Waals surface area contributed by atoms with E-state index < -0.39 is 0 Å². The Morgan fingerprint density at radius 1 is 1.64 bits per heavy atom. The molecule has 0 saturated carbocycles. The SMILES string of the molecule is O/N=C(\Cl)c1cc(Br)c(Br)o1. The van der Waals surface area contributed by atoms with E-state index in [1.54, 1.807) is 6.07 Å². The molecular formula is C5H2Br2ClNO2. The summed E-state index contributed by atoms with van der Waals surface area (Å²) in [5, 5.41) is 10.9. The van der Waals surface area contributed by atoms with Crippen molar-refractivity contribution < 1.29 is 9.62 Å². The van der Waals surface area contributed by atoms with Crippen LogP contribution in [0.3, 0.4) is 0 Å². The van der Waals surface area contributed by atoms with Crippen LogP contribution in [0.5, 0.6) is 0 Å². The Hall–Kier alpha value is -0.0000000000000000555. The third-order valence-corrected chi connectivity index (χ3v) is 2.91. The van der Waals surface area contributed by atoms with Gasteiger partial charge in [-0.3, -0.25) is 0 Å². The summed E-state index contributed by atoms with van der Waals surface area (Å²) in [5.41, 5.74) is 0. The Morgan fingerprint density at radius 2 is 2.27 bits per heavy atom. The van der Waals surface area contributed by atoms with Gasteiger partial charge < -0.3 is 9.62 Å². The summed E-state index contributed by atoms with van der Waals surface area (Å²) in [6, 6.07) is 1.59. The van der Waals surface area contributed by atoms with Gasteiger partial charge in [0.25, 0.3) is 0 Å². The van der Waals surface area contributed by atoms with Crippen LogP contribution in [0, 0.1) is 0 Å². The van der Waals surface area contributed by atoms with Gasteiger partial charge in [-0.25, -0.2) is 0 Å². The predicted octanol–water partition coefficient (Wildman–Crippen LogP) is 3.18. The van der Waals surface area contributed by atoms with E-state index in [1.807, 2.05) is 0 Å². The summed E-state index contributed by atoms with van der Waals surface area (Å²) >= 11 is 11.7. The maximum Gasteiger partial charge on any atom is 0.210 e. The summed E-state index contributed by atoms with van der Waals surface area (Å²) in [5.74, 6) is 0.299. The molecule has 11 heavy (non-hydrogen) atoms. The number of furan rings is 1. The lowest BCUT2D eigenvalue weighted by molar-refractivity contribution is 0.319. The second-order valence-corrected chi connectivity index (χ2v) is 3.56. The van der Waals surface area contributed by atoms with Crippen molar-refractivity contribution in [1.82, 2.24) is 0 Å².